The third-order valence-corrected chi connectivity index (χ3v) is 3.72. The summed E-state index contributed by atoms with van der Waals surface area (Å²) in [4.78, 5) is 12.6. The minimum absolute atomic E-state index is 0.160. The molecule has 4 nitrogen and oxygen atoms in total. The number of aliphatic hydroxyl groups excluding tert-OH is 1. The normalized spacial score (nSPS) is 30.7. The highest BCUT2D eigenvalue weighted by molar-refractivity contribution is 6.02. The number of hydrogen-bond acceptors (Lipinski definition) is 4. The van der Waals surface area contributed by atoms with Crippen LogP contribution in [0.25, 0.3) is 0 Å². The minimum atomic E-state index is -1.43. The van der Waals surface area contributed by atoms with Crippen molar-refractivity contribution in [1.29, 1.82) is 0 Å². The SMILES string of the molecule is C=CC[C@@H]1C/C(=C\C)C(=O)[C@](OC)(C(C)(C)CO)O1. The Kier molecular flexibility index (Phi) is 5.07. The minimum Gasteiger partial charge on any atom is -0.396 e. The van der Waals surface area contributed by atoms with Gasteiger partial charge in [-0.15, -0.1) is 6.58 Å². The topological polar surface area (TPSA) is 55.8 Å². The Hall–Kier alpha value is -0.970. The predicted molar refractivity (Wildman–Crippen MR) is 73.7 cm³/mol. The van der Waals surface area contributed by atoms with Crippen molar-refractivity contribution in [2.24, 2.45) is 5.41 Å². The molecular weight excluding hydrogens is 244 g/mol. The fourth-order valence-corrected chi connectivity index (χ4v) is 2.43. The van der Waals surface area contributed by atoms with Gasteiger partial charge in [0.05, 0.1) is 12.7 Å². The standard InChI is InChI=1S/C15H24O4/c1-6-8-12-9-11(7-2)13(17)15(18-5,19-12)14(3,4)10-16/h6-7,12,16H,1,8-10H2,2-5H3/b11-7+/t12-,15-/m1/s1. The average molecular weight is 268 g/mol. The molecule has 1 rings (SSSR count). The van der Waals surface area contributed by atoms with E-state index in [1.807, 2.05) is 6.92 Å². The van der Waals surface area contributed by atoms with Crippen molar-refractivity contribution in [2.75, 3.05) is 13.7 Å². The molecule has 0 unspecified atom stereocenters. The molecule has 0 aromatic carbocycles. The molecule has 0 spiro atoms. The first-order valence-corrected chi connectivity index (χ1v) is 6.53. The summed E-state index contributed by atoms with van der Waals surface area (Å²) in [6, 6.07) is 0. The monoisotopic (exact) mass is 268 g/mol. The van der Waals surface area contributed by atoms with Gasteiger partial charge in [0.2, 0.25) is 11.6 Å². The van der Waals surface area contributed by atoms with Crippen molar-refractivity contribution >= 4 is 5.78 Å². The van der Waals surface area contributed by atoms with Gasteiger partial charge in [-0.05, 0) is 18.9 Å². The Balaban J connectivity index is 3.26. The molecule has 1 N–H and O–H groups in total. The van der Waals surface area contributed by atoms with Crippen LogP contribution in [0, 0.1) is 5.41 Å². The summed E-state index contributed by atoms with van der Waals surface area (Å²) in [6.45, 7) is 8.86. The summed E-state index contributed by atoms with van der Waals surface area (Å²) in [5, 5.41) is 9.58. The zero-order valence-electron chi connectivity index (χ0n) is 12.2. The summed E-state index contributed by atoms with van der Waals surface area (Å²) < 4.78 is 11.4. The van der Waals surface area contributed by atoms with Crippen LogP contribution < -0.4 is 0 Å². The van der Waals surface area contributed by atoms with E-state index in [9.17, 15) is 9.90 Å². The molecule has 4 heteroatoms. The van der Waals surface area contributed by atoms with E-state index >= 15 is 0 Å². The fourth-order valence-electron chi connectivity index (χ4n) is 2.43. The molecule has 1 aliphatic heterocycles. The van der Waals surface area contributed by atoms with Crippen LogP contribution in [-0.4, -0.2) is 36.5 Å². The molecule has 0 aromatic heterocycles. The molecule has 19 heavy (non-hydrogen) atoms. The molecule has 1 fully saturated rings. The first-order chi connectivity index (χ1) is 8.88. The van der Waals surface area contributed by atoms with E-state index in [4.69, 9.17) is 9.47 Å². The van der Waals surface area contributed by atoms with Crippen molar-refractivity contribution in [3.8, 4) is 0 Å². The number of Topliss-reactive ketones (excluding diaryl/α,β-unsaturated/α-hetero) is 1. The van der Waals surface area contributed by atoms with Gasteiger partial charge in [-0.1, -0.05) is 26.0 Å². The highest BCUT2D eigenvalue weighted by Gasteiger charge is 2.57. The van der Waals surface area contributed by atoms with Gasteiger partial charge < -0.3 is 14.6 Å². The molecule has 0 bridgehead atoms. The largest absolute Gasteiger partial charge is 0.396 e. The summed E-state index contributed by atoms with van der Waals surface area (Å²) in [6.07, 6.45) is 4.58. The van der Waals surface area contributed by atoms with Crippen LogP contribution in [0.3, 0.4) is 0 Å². The van der Waals surface area contributed by atoms with Crippen molar-refractivity contribution in [2.45, 2.75) is 45.5 Å². The number of carbonyl (C=O) groups is 1. The molecule has 108 valence electrons. The zero-order valence-corrected chi connectivity index (χ0v) is 12.2. The van der Waals surface area contributed by atoms with Crippen molar-refractivity contribution in [1.82, 2.24) is 0 Å². The molecule has 2 atom stereocenters. The number of aliphatic hydroxyl groups is 1. The quantitative estimate of drug-likeness (QED) is 0.613. The molecular formula is C15H24O4. The maximum absolute atomic E-state index is 12.6. The Morgan fingerprint density at radius 1 is 1.63 bits per heavy atom. The molecule has 0 aromatic rings. The lowest BCUT2D eigenvalue weighted by Gasteiger charge is -2.47. The maximum atomic E-state index is 12.6. The molecule has 0 aliphatic carbocycles. The van der Waals surface area contributed by atoms with Crippen LogP contribution in [0.2, 0.25) is 0 Å². The van der Waals surface area contributed by atoms with E-state index < -0.39 is 11.2 Å². The van der Waals surface area contributed by atoms with E-state index in [-0.39, 0.29) is 18.5 Å². The fraction of sp³-hybridized carbons (Fsp3) is 0.667. The number of methoxy groups -OCH3 is 1. The maximum Gasteiger partial charge on any atom is 0.240 e. The van der Waals surface area contributed by atoms with Crippen LogP contribution in [0.5, 0.6) is 0 Å². The first kappa shape index (κ1) is 16.1. The van der Waals surface area contributed by atoms with Crippen molar-refractivity contribution < 1.29 is 19.4 Å². The lowest BCUT2D eigenvalue weighted by Crippen LogP contribution is -2.61. The van der Waals surface area contributed by atoms with Gasteiger partial charge in [-0.2, -0.15) is 0 Å². The van der Waals surface area contributed by atoms with Gasteiger partial charge in [-0.25, -0.2) is 0 Å². The van der Waals surface area contributed by atoms with Crippen LogP contribution in [0.15, 0.2) is 24.3 Å². The second-order valence-electron chi connectivity index (χ2n) is 5.47. The van der Waals surface area contributed by atoms with E-state index in [1.165, 1.54) is 7.11 Å². The van der Waals surface area contributed by atoms with Gasteiger partial charge in [-0.3, -0.25) is 4.79 Å². The second-order valence-corrected chi connectivity index (χ2v) is 5.47. The van der Waals surface area contributed by atoms with E-state index in [2.05, 4.69) is 6.58 Å². The average Bonchev–Trinajstić information content (AvgIpc) is 2.40. The zero-order chi connectivity index (χ0) is 14.7. The number of rotatable bonds is 5. The number of allylic oxidation sites excluding steroid dienone is 1. The Labute approximate surface area is 115 Å². The van der Waals surface area contributed by atoms with Gasteiger partial charge in [0.15, 0.2) is 0 Å². The first-order valence-electron chi connectivity index (χ1n) is 6.53. The lowest BCUT2D eigenvalue weighted by atomic mass is 9.76. The lowest BCUT2D eigenvalue weighted by molar-refractivity contribution is -0.290. The van der Waals surface area contributed by atoms with Crippen LogP contribution in [0.4, 0.5) is 0 Å². The van der Waals surface area contributed by atoms with Gasteiger partial charge in [0.1, 0.15) is 0 Å². The molecule has 0 saturated carbocycles. The van der Waals surface area contributed by atoms with Gasteiger partial charge >= 0.3 is 0 Å². The van der Waals surface area contributed by atoms with Crippen LogP contribution in [-0.2, 0) is 14.3 Å². The molecule has 1 aliphatic rings. The molecule has 1 saturated heterocycles. The molecule has 0 radical (unpaired) electrons. The van der Waals surface area contributed by atoms with Gasteiger partial charge in [0, 0.05) is 18.9 Å². The number of hydrogen-bond donors (Lipinski definition) is 1. The Bertz CT molecular complexity index is 384. The van der Waals surface area contributed by atoms with Crippen LogP contribution >= 0.6 is 0 Å². The van der Waals surface area contributed by atoms with Crippen molar-refractivity contribution in [3.05, 3.63) is 24.3 Å². The van der Waals surface area contributed by atoms with Crippen LogP contribution in [0.1, 0.15) is 33.6 Å². The van der Waals surface area contributed by atoms with Gasteiger partial charge in [0.25, 0.3) is 0 Å². The van der Waals surface area contributed by atoms with Crippen molar-refractivity contribution in [3.63, 3.8) is 0 Å². The Morgan fingerprint density at radius 2 is 2.26 bits per heavy atom. The summed E-state index contributed by atoms with van der Waals surface area (Å²) in [5.74, 6) is -1.63. The summed E-state index contributed by atoms with van der Waals surface area (Å²) in [7, 11) is 1.44. The highest BCUT2D eigenvalue weighted by Crippen LogP contribution is 2.43. The predicted octanol–water partition coefficient (Wildman–Crippen LogP) is 2.23. The number of carbonyl (C=O) groups excluding carboxylic acids is 1. The molecule has 1 heterocycles. The smallest absolute Gasteiger partial charge is 0.240 e. The third-order valence-electron chi connectivity index (χ3n) is 3.72. The Morgan fingerprint density at radius 3 is 2.68 bits per heavy atom. The summed E-state index contributed by atoms with van der Waals surface area (Å²) >= 11 is 0. The molecule has 0 amide bonds. The van der Waals surface area contributed by atoms with E-state index in [1.54, 1.807) is 26.0 Å². The highest BCUT2D eigenvalue weighted by atomic mass is 16.7. The summed E-state index contributed by atoms with van der Waals surface area (Å²) in [5.41, 5.74) is -0.145. The van der Waals surface area contributed by atoms with E-state index in [0.29, 0.717) is 18.4 Å². The number of ether oxygens (including phenoxy) is 2. The number of ketones is 1. The van der Waals surface area contributed by atoms with E-state index in [0.717, 1.165) is 0 Å². The third kappa shape index (κ3) is 2.66. The second kappa shape index (κ2) is 5.99.